The molecule has 0 radical (unpaired) electrons. The second-order valence-electron chi connectivity index (χ2n) is 6.16. The number of carboxylic acid groups (broad SMARTS) is 1. The van der Waals surface area contributed by atoms with Crippen molar-refractivity contribution in [3.8, 4) is 0 Å². The number of rotatable bonds is 3. The molecule has 7 nitrogen and oxygen atoms in total. The van der Waals surface area contributed by atoms with Gasteiger partial charge in [-0.2, -0.15) is 0 Å². The summed E-state index contributed by atoms with van der Waals surface area (Å²) in [5.74, 6) is 0.0463. The summed E-state index contributed by atoms with van der Waals surface area (Å²) in [6.45, 7) is 3.69. The van der Waals surface area contributed by atoms with Gasteiger partial charge in [-0.15, -0.1) is 0 Å². The quantitative estimate of drug-likeness (QED) is 0.787. The van der Waals surface area contributed by atoms with Gasteiger partial charge in [0, 0.05) is 13.1 Å². The molecular weight excluding hydrogens is 272 g/mol. The van der Waals surface area contributed by atoms with Gasteiger partial charge in [0.05, 0.1) is 11.7 Å². The Bertz CT molecular complexity index is 564. The standard InChI is InChI=1S/C14H20N4O3/c1-9-3-6-18(8-9)13(21)17-14(4-2-5-14)12-15-7-10(16-12)11(19)20/h7,9H,2-6,8H2,1H3,(H,15,16)(H,17,21)(H,19,20). The highest BCUT2D eigenvalue weighted by molar-refractivity contribution is 5.85. The number of carbonyl (C=O) groups is 2. The van der Waals surface area contributed by atoms with Crippen molar-refractivity contribution >= 4 is 12.0 Å². The monoisotopic (exact) mass is 292 g/mol. The first-order valence-electron chi connectivity index (χ1n) is 7.36. The molecule has 0 bridgehead atoms. The van der Waals surface area contributed by atoms with E-state index in [2.05, 4.69) is 22.2 Å². The minimum atomic E-state index is -1.04. The van der Waals surface area contributed by atoms with Gasteiger partial charge in [-0.3, -0.25) is 0 Å². The van der Waals surface area contributed by atoms with Crippen LogP contribution >= 0.6 is 0 Å². The van der Waals surface area contributed by atoms with E-state index in [0.29, 0.717) is 11.7 Å². The third-order valence-electron chi connectivity index (χ3n) is 4.52. The van der Waals surface area contributed by atoms with Gasteiger partial charge < -0.3 is 20.3 Å². The van der Waals surface area contributed by atoms with Crippen molar-refractivity contribution in [2.45, 2.75) is 38.1 Å². The van der Waals surface area contributed by atoms with Crippen LogP contribution in [0.1, 0.15) is 48.9 Å². The van der Waals surface area contributed by atoms with Crippen LogP contribution in [0.25, 0.3) is 0 Å². The fraction of sp³-hybridized carbons (Fsp3) is 0.643. The number of aromatic carboxylic acids is 1. The molecular formula is C14H20N4O3. The van der Waals surface area contributed by atoms with E-state index in [1.807, 2.05) is 4.90 Å². The summed E-state index contributed by atoms with van der Waals surface area (Å²) >= 11 is 0. The third kappa shape index (κ3) is 2.48. The zero-order valence-corrected chi connectivity index (χ0v) is 12.1. The lowest BCUT2D eigenvalue weighted by atomic mass is 9.76. The Hall–Kier alpha value is -2.05. The van der Waals surface area contributed by atoms with Crippen molar-refractivity contribution in [3.05, 3.63) is 17.7 Å². The summed E-state index contributed by atoms with van der Waals surface area (Å²) in [6.07, 6.45) is 4.91. The average molecular weight is 292 g/mol. The van der Waals surface area contributed by atoms with Gasteiger partial charge in [0.2, 0.25) is 0 Å². The number of hydrogen-bond acceptors (Lipinski definition) is 3. The SMILES string of the molecule is CC1CCN(C(=O)NC2(c3ncc(C(=O)O)[nH]3)CCC2)C1. The smallest absolute Gasteiger partial charge is 0.353 e. The number of aromatic amines is 1. The second kappa shape index (κ2) is 5.05. The van der Waals surface area contributed by atoms with Crippen LogP contribution in [0.4, 0.5) is 4.79 Å². The number of carbonyl (C=O) groups excluding carboxylic acids is 1. The first kappa shape index (κ1) is 13.9. The molecule has 114 valence electrons. The Labute approximate surface area is 122 Å². The van der Waals surface area contributed by atoms with Gasteiger partial charge in [0.1, 0.15) is 11.5 Å². The largest absolute Gasteiger partial charge is 0.477 e. The van der Waals surface area contributed by atoms with E-state index in [9.17, 15) is 9.59 Å². The predicted molar refractivity (Wildman–Crippen MR) is 75.0 cm³/mol. The number of imidazole rings is 1. The highest BCUT2D eigenvalue weighted by atomic mass is 16.4. The maximum Gasteiger partial charge on any atom is 0.353 e. The number of nitrogens with zero attached hydrogens (tertiary/aromatic N) is 2. The molecule has 1 saturated carbocycles. The molecule has 0 spiro atoms. The van der Waals surface area contributed by atoms with Gasteiger partial charge in [-0.1, -0.05) is 6.92 Å². The predicted octanol–water partition coefficient (Wildman–Crippen LogP) is 1.54. The lowest BCUT2D eigenvalue weighted by Crippen LogP contribution is -2.55. The molecule has 1 aliphatic carbocycles. The Morgan fingerprint density at radius 3 is 2.76 bits per heavy atom. The van der Waals surface area contributed by atoms with Crippen LogP contribution in [0.15, 0.2) is 6.20 Å². The van der Waals surface area contributed by atoms with Crippen LogP contribution in [0.3, 0.4) is 0 Å². The van der Waals surface area contributed by atoms with E-state index in [4.69, 9.17) is 5.11 Å². The lowest BCUT2D eigenvalue weighted by Gasteiger charge is -2.41. The number of amides is 2. The van der Waals surface area contributed by atoms with E-state index < -0.39 is 11.5 Å². The second-order valence-corrected chi connectivity index (χ2v) is 6.16. The topological polar surface area (TPSA) is 98.3 Å². The lowest BCUT2D eigenvalue weighted by molar-refractivity contribution is 0.0690. The van der Waals surface area contributed by atoms with E-state index in [1.54, 1.807) is 0 Å². The van der Waals surface area contributed by atoms with Crippen LogP contribution < -0.4 is 5.32 Å². The molecule has 1 aromatic rings. The normalized spacial score (nSPS) is 23.7. The average Bonchev–Trinajstić information content (AvgIpc) is 3.02. The molecule has 2 heterocycles. The first-order chi connectivity index (χ1) is 10.00. The van der Waals surface area contributed by atoms with Crippen LogP contribution in [-0.2, 0) is 5.54 Å². The van der Waals surface area contributed by atoms with Gasteiger partial charge in [-0.05, 0) is 31.6 Å². The van der Waals surface area contributed by atoms with E-state index in [0.717, 1.165) is 38.8 Å². The summed E-state index contributed by atoms with van der Waals surface area (Å²) < 4.78 is 0. The van der Waals surface area contributed by atoms with Crippen molar-refractivity contribution in [1.82, 2.24) is 20.2 Å². The van der Waals surface area contributed by atoms with Crippen LogP contribution in [0, 0.1) is 5.92 Å². The van der Waals surface area contributed by atoms with Crippen molar-refractivity contribution in [2.75, 3.05) is 13.1 Å². The van der Waals surface area contributed by atoms with Crippen LogP contribution in [0.2, 0.25) is 0 Å². The molecule has 3 N–H and O–H groups in total. The molecule has 1 unspecified atom stereocenters. The summed E-state index contributed by atoms with van der Waals surface area (Å²) in [5, 5.41) is 12.0. The molecule has 2 fully saturated rings. The number of likely N-dealkylation sites (tertiary alicyclic amines) is 1. The number of hydrogen-bond donors (Lipinski definition) is 3. The summed E-state index contributed by atoms with van der Waals surface area (Å²) in [5.41, 5.74) is -0.475. The maximum atomic E-state index is 12.4. The van der Waals surface area contributed by atoms with Crippen molar-refractivity contribution in [1.29, 1.82) is 0 Å². The number of aromatic nitrogens is 2. The van der Waals surface area contributed by atoms with Gasteiger partial charge in [-0.25, -0.2) is 14.6 Å². The Morgan fingerprint density at radius 2 is 2.29 bits per heavy atom. The summed E-state index contributed by atoms with van der Waals surface area (Å²) in [7, 11) is 0. The van der Waals surface area contributed by atoms with E-state index >= 15 is 0 Å². The zero-order chi connectivity index (χ0) is 15.0. The summed E-state index contributed by atoms with van der Waals surface area (Å²) in [6, 6.07) is -0.0766. The van der Waals surface area contributed by atoms with Gasteiger partial charge >= 0.3 is 12.0 Å². The number of carboxylic acids is 1. The molecule has 21 heavy (non-hydrogen) atoms. The van der Waals surface area contributed by atoms with E-state index in [1.165, 1.54) is 6.20 Å². The van der Waals surface area contributed by atoms with Gasteiger partial charge in [0.15, 0.2) is 0 Å². The minimum absolute atomic E-state index is 0.0559. The molecule has 3 rings (SSSR count). The molecule has 1 aliphatic heterocycles. The molecule has 2 amide bonds. The first-order valence-corrected chi connectivity index (χ1v) is 7.36. The maximum absolute atomic E-state index is 12.4. The molecule has 0 aromatic carbocycles. The fourth-order valence-electron chi connectivity index (χ4n) is 3.03. The van der Waals surface area contributed by atoms with Crippen molar-refractivity contribution in [2.24, 2.45) is 5.92 Å². The van der Waals surface area contributed by atoms with Gasteiger partial charge in [0.25, 0.3) is 0 Å². The minimum Gasteiger partial charge on any atom is -0.477 e. The number of urea groups is 1. The Balaban J connectivity index is 1.74. The molecule has 1 saturated heterocycles. The highest BCUT2D eigenvalue weighted by Gasteiger charge is 2.44. The molecule has 2 aliphatic rings. The van der Waals surface area contributed by atoms with E-state index in [-0.39, 0.29) is 11.7 Å². The third-order valence-corrected chi connectivity index (χ3v) is 4.52. The highest BCUT2D eigenvalue weighted by Crippen LogP contribution is 2.40. The van der Waals surface area contributed by atoms with Crippen LogP contribution in [-0.4, -0.2) is 45.1 Å². The number of nitrogens with one attached hydrogen (secondary N) is 2. The summed E-state index contributed by atoms with van der Waals surface area (Å²) in [4.78, 5) is 32.1. The fourth-order valence-corrected chi connectivity index (χ4v) is 3.03. The zero-order valence-electron chi connectivity index (χ0n) is 12.1. The van der Waals surface area contributed by atoms with Crippen LogP contribution in [0.5, 0.6) is 0 Å². The molecule has 1 aromatic heterocycles. The molecule has 1 atom stereocenters. The van der Waals surface area contributed by atoms with Crippen molar-refractivity contribution < 1.29 is 14.7 Å². The Morgan fingerprint density at radius 1 is 1.52 bits per heavy atom. The van der Waals surface area contributed by atoms with Crippen molar-refractivity contribution in [3.63, 3.8) is 0 Å². The Kier molecular flexibility index (Phi) is 3.35. The molecule has 7 heteroatoms. The number of H-pyrrole nitrogens is 1.